The summed E-state index contributed by atoms with van der Waals surface area (Å²) in [5, 5.41) is 2.65. The monoisotopic (exact) mass is 351 g/mol. The molecule has 0 atom stereocenters. The molecule has 2 rings (SSSR count). The maximum atomic E-state index is 12.5. The highest BCUT2D eigenvalue weighted by molar-refractivity contribution is 5.93. The van der Waals surface area contributed by atoms with Crippen LogP contribution in [0.1, 0.15) is 11.1 Å². The first-order valence-corrected chi connectivity index (χ1v) is 7.49. The van der Waals surface area contributed by atoms with E-state index in [2.05, 4.69) is 10.1 Å². The fraction of sp³-hybridized carbons (Fsp3) is 0.278. The third kappa shape index (κ3) is 5.07. The van der Waals surface area contributed by atoms with E-state index in [1.165, 1.54) is 26.4 Å². The number of amides is 1. The summed E-state index contributed by atoms with van der Waals surface area (Å²) in [6.45, 7) is -1.07. The van der Waals surface area contributed by atoms with Crippen LogP contribution in [0.15, 0.2) is 36.4 Å². The number of aryl methyl sites for hydroxylation is 1. The Morgan fingerprint density at radius 2 is 1.72 bits per heavy atom. The molecule has 0 saturated heterocycles. The molecule has 0 aliphatic heterocycles. The van der Waals surface area contributed by atoms with Crippen molar-refractivity contribution < 1.29 is 27.8 Å². The Hall–Kier alpha value is -2.83. The molecule has 134 valence electrons. The molecule has 0 spiro atoms. The van der Waals surface area contributed by atoms with Gasteiger partial charge in [-0.1, -0.05) is 17.7 Å². The number of halogens is 2. The smallest absolute Gasteiger partial charge is 0.387 e. The molecule has 0 saturated carbocycles. The number of carbonyl (C=O) groups excluding carboxylic acids is 1. The number of methoxy groups -OCH3 is 2. The molecule has 2 aromatic carbocycles. The Morgan fingerprint density at radius 3 is 2.36 bits per heavy atom. The Labute approximate surface area is 144 Å². The number of benzene rings is 2. The molecule has 25 heavy (non-hydrogen) atoms. The van der Waals surface area contributed by atoms with Crippen molar-refractivity contribution in [1.29, 1.82) is 0 Å². The van der Waals surface area contributed by atoms with Gasteiger partial charge in [-0.2, -0.15) is 8.78 Å². The van der Waals surface area contributed by atoms with Gasteiger partial charge in [-0.05, 0) is 25.1 Å². The first kappa shape index (κ1) is 18.5. The Balaban J connectivity index is 2.14. The third-order valence-electron chi connectivity index (χ3n) is 3.45. The van der Waals surface area contributed by atoms with Crippen LogP contribution in [0.25, 0.3) is 0 Å². The molecule has 0 unspecified atom stereocenters. The molecule has 0 radical (unpaired) electrons. The maximum Gasteiger partial charge on any atom is 0.387 e. The lowest BCUT2D eigenvalue weighted by atomic mass is 10.1. The zero-order chi connectivity index (χ0) is 18.4. The first-order valence-electron chi connectivity index (χ1n) is 7.49. The number of hydrogen-bond donors (Lipinski definition) is 1. The van der Waals surface area contributed by atoms with Crippen molar-refractivity contribution in [1.82, 2.24) is 0 Å². The van der Waals surface area contributed by atoms with E-state index < -0.39 is 6.61 Å². The molecular weight excluding hydrogens is 332 g/mol. The predicted molar refractivity (Wildman–Crippen MR) is 89.7 cm³/mol. The molecule has 1 amide bonds. The van der Waals surface area contributed by atoms with Crippen molar-refractivity contribution >= 4 is 11.6 Å². The number of ether oxygens (including phenoxy) is 3. The standard InChI is InChI=1S/C18H19F2NO4/c1-11-4-6-14(23-2)12(8-11)9-17(22)21-13-5-7-15(24-3)16(10-13)25-18(19)20/h4-8,10,18H,9H2,1-3H3,(H,21,22). The van der Waals surface area contributed by atoms with E-state index in [9.17, 15) is 13.6 Å². The van der Waals surface area contributed by atoms with Gasteiger partial charge in [0.2, 0.25) is 5.91 Å². The van der Waals surface area contributed by atoms with Crippen LogP contribution in [-0.2, 0) is 11.2 Å². The van der Waals surface area contributed by atoms with E-state index in [-0.39, 0.29) is 23.8 Å². The summed E-state index contributed by atoms with van der Waals surface area (Å²) in [5.41, 5.74) is 2.06. The van der Waals surface area contributed by atoms with Crippen molar-refractivity contribution in [3.63, 3.8) is 0 Å². The SMILES string of the molecule is COc1ccc(C)cc1CC(=O)Nc1ccc(OC)c(OC(F)F)c1. The van der Waals surface area contributed by atoms with Crippen LogP contribution in [0.2, 0.25) is 0 Å². The van der Waals surface area contributed by atoms with Crippen LogP contribution in [0.4, 0.5) is 14.5 Å². The predicted octanol–water partition coefficient (Wildman–Crippen LogP) is 3.79. The van der Waals surface area contributed by atoms with Gasteiger partial charge in [0.25, 0.3) is 0 Å². The van der Waals surface area contributed by atoms with Crippen molar-refractivity contribution in [2.24, 2.45) is 0 Å². The van der Waals surface area contributed by atoms with Gasteiger partial charge in [-0.25, -0.2) is 0 Å². The fourth-order valence-corrected chi connectivity index (χ4v) is 2.37. The highest BCUT2D eigenvalue weighted by Crippen LogP contribution is 2.31. The zero-order valence-corrected chi connectivity index (χ0v) is 14.1. The average Bonchev–Trinajstić information content (AvgIpc) is 2.54. The van der Waals surface area contributed by atoms with Crippen LogP contribution < -0.4 is 19.5 Å². The van der Waals surface area contributed by atoms with E-state index in [1.54, 1.807) is 12.1 Å². The molecule has 0 heterocycles. The fourth-order valence-electron chi connectivity index (χ4n) is 2.37. The molecule has 7 heteroatoms. The van der Waals surface area contributed by atoms with Gasteiger partial charge in [-0.15, -0.1) is 0 Å². The highest BCUT2D eigenvalue weighted by Gasteiger charge is 2.14. The quantitative estimate of drug-likeness (QED) is 0.824. The van der Waals surface area contributed by atoms with Crippen LogP contribution in [-0.4, -0.2) is 26.7 Å². The van der Waals surface area contributed by atoms with Crippen LogP contribution in [0.5, 0.6) is 17.2 Å². The van der Waals surface area contributed by atoms with Gasteiger partial charge in [0.15, 0.2) is 11.5 Å². The summed E-state index contributed by atoms with van der Waals surface area (Å²) in [6.07, 6.45) is 0.0852. The number of nitrogens with one attached hydrogen (secondary N) is 1. The molecule has 0 fully saturated rings. The lowest BCUT2D eigenvalue weighted by molar-refractivity contribution is -0.115. The Kier molecular flexibility index (Phi) is 6.16. The van der Waals surface area contributed by atoms with Gasteiger partial charge in [-0.3, -0.25) is 4.79 Å². The number of anilines is 1. The minimum Gasteiger partial charge on any atom is -0.496 e. The second-order valence-electron chi connectivity index (χ2n) is 5.28. The van der Waals surface area contributed by atoms with Crippen molar-refractivity contribution in [2.75, 3.05) is 19.5 Å². The van der Waals surface area contributed by atoms with Crippen LogP contribution in [0, 0.1) is 6.92 Å². The second-order valence-corrected chi connectivity index (χ2v) is 5.28. The van der Waals surface area contributed by atoms with E-state index in [0.717, 1.165) is 11.1 Å². The number of carbonyl (C=O) groups is 1. The minimum absolute atomic E-state index is 0.0852. The molecule has 0 bridgehead atoms. The summed E-state index contributed by atoms with van der Waals surface area (Å²) >= 11 is 0. The summed E-state index contributed by atoms with van der Waals surface area (Å²) < 4.78 is 39.5. The van der Waals surface area contributed by atoms with Crippen molar-refractivity contribution in [3.05, 3.63) is 47.5 Å². The first-order chi connectivity index (χ1) is 11.9. The van der Waals surface area contributed by atoms with E-state index in [1.807, 2.05) is 19.1 Å². The molecule has 0 aliphatic rings. The summed E-state index contributed by atoms with van der Waals surface area (Å²) in [4.78, 5) is 12.3. The number of alkyl halides is 2. The molecule has 5 nitrogen and oxygen atoms in total. The average molecular weight is 351 g/mol. The van der Waals surface area contributed by atoms with Crippen LogP contribution in [0.3, 0.4) is 0 Å². The molecule has 1 N–H and O–H groups in total. The third-order valence-corrected chi connectivity index (χ3v) is 3.45. The molecule has 2 aromatic rings. The highest BCUT2D eigenvalue weighted by atomic mass is 19.3. The molecule has 0 aliphatic carbocycles. The van der Waals surface area contributed by atoms with Gasteiger partial charge >= 0.3 is 6.61 Å². The largest absolute Gasteiger partial charge is 0.496 e. The second kappa shape index (κ2) is 8.32. The lowest BCUT2D eigenvalue weighted by Gasteiger charge is -2.13. The van der Waals surface area contributed by atoms with E-state index in [0.29, 0.717) is 11.4 Å². The van der Waals surface area contributed by atoms with E-state index >= 15 is 0 Å². The lowest BCUT2D eigenvalue weighted by Crippen LogP contribution is -2.15. The Bertz CT molecular complexity index is 750. The van der Waals surface area contributed by atoms with Gasteiger partial charge < -0.3 is 19.5 Å². The number of hydrogen-bond acceptors (Lipinski definition) is 4. The van der Waals surface area contributed by atoms with Crippen molar-refractivity contribution in [2.45, 2.75) is 20.0 Å². The molecular formula is C18H19F2NO4. The maximum absolute atomic E-state index is 12.5. The van der Waals surface area contributed by atoms with Gasteiger partial charge in [0, 0.05) is 17.3 Å². The Morgan fingerprint density at radius 1 is 1.04 bits per heavy atom. The number of rotatable bonds is 7. The van der Waals surface area contributed by atoms with Crippen LogP contribution >= 0.6 is 0 Å². The topological polar surface area (TPSA) is 56.8 Å². The van der Waals surface area contributed by atoms with E-state index in [4.69, 9.17) is 9.47 Å². The van der Waals surface area contributed by atoms with Gasteiger partial charge in [0.1, 0.15) is 5.75 Å². The summed E-state index contributed by atoms with van der Waals surface area (Å²) in [5.74, 6) is 0.302. The zero-order valence-electron chi connectivity index (χ0n) is 14.1. The summed E-state index contributed by atoms with van der Waals surface area (Å²) in [6, 6.07) is 9.81. The van der Waals surface area contributed by atoms with Gasteiger partial charge in [0.05, 0.1) is 20.6 Å². The normalized spacial score (nSPS) is 10.5. The minimum atomic E-state index is -2.99. The summed E-state index contributed by atoms with van der Waals surface area (Å²) in [7, 11) is 2.87. The molecule has 0 aromatic heterocycles. The van der Waals surface area contributed by atoms with Crippen molar-refractivity contribution in [3.8, 4) is 17.2 Å².